The Balaban J connectivity index is 1.94. The molecule has 1 N–H and O–H groups in total. The number of aryl methyl sites for hydroxylation is 2. The number of rotatable bonds is 5. The molecule has 1 aromatic carbocycles. The molecule has 0 aliphatic carbocycles. The molecule has 0 aliphatic heterocycles. The molecule has 0 fully saturated rings. The molecule has 0 amide bonds. The molecular formula is C16H19FN2. The maximum Gasteiger partial charge on any atom is 0.126 e. The van der Waals surface area contributed by atoms with Gasteiger partial charge in [0.25, 0.3) is 0 Å². The quantitative estimate of drug-likeness (QED) is 0.889. The van der Waals surface area contributed by atoms with E-state index in [1.807, 2.05) is 24.4 Å². The number of pyridine rings is 1. The van der Waals surface area contributed by atoms with Crippen molar-refractivity contribution in [1.29, 1.82) is 0 Å². The van der Waals surface area contributed by atoms with E-state index >= 15 is 0 Å². The Morgan fingerprint density at radius 1 is 1.21 bits per heavy atom. The molecule has 100 valence electrons. The normalized spacial score (nSPS) is 10.7. The Labute approximate surface area is 113 Å². The molecule has 0 atom stereocenters. The summed E-state index contributed by atoms with van der Waals surface area (Å²) >= 11 is 0. The van der Waals surface area contributed by atoms with Crippen LogP contribution < -0.4 is 5.32 Å². The van der Waals surface area contributed by atoms with Gasteiger partial charge in [-0.1, -0.05) is 25.1 Å². The van der Waals surface area contributed by atoms with Gasteiger partial charge in [0.2, 0.25) is 0 Å². The summed E-state index contributed by atoms with van der Waals surface area (Å²) in [6.07, 6.45) is 2.80. The third kappa shape index (κ3) is 3.61. The zero-order valence-corrected chi connectivity index (χ0v) is 11.4. The highest BCUT2D eigenvalue weighted by atomic mass is 19.1. The molecule has 0 unspecified atom stereocenters. The minimum Gasteiger partial charge on any atom is -0.307 e. The Kier molecular flexibility index (Phi) is 4.63. The van der Waals surface area contributed by atoms with E-state index < -0.39 is 0 Å². The van der Waals surface area contributed by atoms with Gasteiger partial charge in [-0.2, -0.15) is 0 Å². The van der Waals surface area contributed by atoms with Crippen molar-refractivity contribution in [1.82, 2.24) is 10.3 Å². The van der Waals surface area contributed by atoms with Gasteiger partial charge in [-0.05, 0) is 42.2 Å². The first-order valence-corrected chi connectivity index (χ1v) is 6.59. The number of aromatic nitrogens is 1. The van der Waals surface area contributed by atoms with Crippen LogP contribution in [0, 0.1) is 12.7 Å². The molecule has 0 aliphatic rings. The fourth-order valence-corrected chi connectivity index (χ4v) is 2.09. The van der Waals surface area contributed by atoms with Crippen LogP contribution in [0.1, 0.15) is 29.3 Å². The van der Waals surface area contributed by atoms with Gasteiger partial charge < -0.3 is 5.32 Å². The van der Waals surface area contributed by atoms with Crippen molar-refractivity contribution in [2.45, 2.75) is 33.4 Å². The highest BCUT2D eigenvalue weighted by Crippen LogP contribution is 2.10. The number of nitrogens with zero attached hydrogens (tertiary/aromatic N) is 1. The van der Waals surface area contributed by atoms with Crippen molar-refractivity contribution < 1.29 is 4.39 Å². The first-order valence-electron chi connectivity index (χ1n) is 6.59. The largest absolute Gasteiger partial charge is 0.307 e. The zero-order chi connectivity index (χ0) is 13.7. The van der Waals surface area contributed by atoms with E-state index in [9.17, 15) is 4.39 Å². The number of hydrogen-bond donors (Lipinski definition) is 1. The lowest BCUT2D eigenvalue weighted by molar-refractivity contribution is 0.615. The minimum absolute atomic E-state index is 0.151. The molecule has 1 aromatic heterocycles. The Morgan fingerprint density at radius 2 is 2.05 bits per heavy atom. The standard InChI is InChI=1S/C16H19FN2/c1-3-14-5-4-8-19-16(14)11-18-10-13-6-7-15(17)12(2)9-13/h4-9,18H,3,10-11H2,1-2H3. The lowest BCUT2D eigenvalue weighted by Gasteiger charge is -2.09. The van der Waals surface area contributed by atoms with Gasteiger partial charge in [-0.3, -0.25) is 4.98 Å². The molecule has 2 rings (SSSR count). The van der Waals surface area contributed by atoms with Crippen LogP contribution in [0.4, 0.5) is 4.39 Å². The zero-order valence-electron chi connectivity index (χ0n) is 11.4. The fraction of sp³-hybridized carbons (Fsp3) is 0.312. The van der Waals surface area contributed by atoms with E-state index in [1.54, 1.807) is 6.92 Å². The van der Waals surface area contributed by atoms with Crippen molar-refractivity contribution in [3.05, 3.63) is 64.7 Å². The van der Waals surface area contributed by atoms with E-state index in [2.05, 4.69) is 23.3 Å². The summed E-state index contributed by atoms with van der Waals surface area (Å²) in [5.41, 5.74) is 4.13. The first-order chi connectivity index (χ1) is 9.20. The van der Waals surface area contributed by atoms with Gasteiger partial charge in [0, 0.05) is 19.3 Å². The summed E-state index contributed by atoms with van der Waals surface area (Å²) in [7, 11) is 0. The topological polar surface area (TPSA) is 24.9 Å². The molecule has 0 saturated heterocycles. The molecule has 0 spiro atoms. The number of halogens is 1. The lowest BCUT2D eigenvalue weighted by atomic mass is 10.1. The summed E-state index contributed by atoms with van der Waals surface area (Å²) < 4.78 is 13.2. The van der Waals surface area contributed by atoms with Crippen LogP contribution in [-0.2, 0) is 19.5 Å². The minimum atomic E-state index is -0.151. The summed E-state index contributed by atoms with van der Waals surface area (Å²) in [5.74, 6) is -0.151. The van der Waals surface area contributed by atoms with E-state index in [4.69, 9.17) is 0 Å². The second-order valence-electron chi connectivity index (χ2n) is 4.65. The van der Waals surface area contributed by atoms with Crippen molar-refractivity contribution in [3.63, 3.8) is 0 Å². The second kappa shape index (κ2) is 6.43. The van der Waals surface area contributed by atoms with Crippen LogP contribution in [0.3, 0.4) is 0 Å². The SMILES string of the molecule is CCc1cccnc1CNCc1ccc(F)c(C)c1. The van der Waals surface area contributed by atoms with Gasteiger partial charge in [-0.15, -0.1) is 0 Å². The monoisotopic (exact) mass is 258 g/mol. The molecule has 0 bridgehead atoms. The first kappa shape index (κ1) is 13.7. The van der Waals surface area contributed by atoms with Gasteiger partial charge >= 0.3 is 0 Å². The number of benzene rings is 1. The number of hydrogen-bond acceptors (Lipinski definition) is 2. The summed E-state index contributed by atoms with van der Waals surface area (Å²) in [6, 6.07) is 9.28. The van der Waals surface area contributed by atoms with E-state index in [1.165, 1.54) is 11.6 Å². The Hall–Kier alpha value is -1.74. The highest BCUT2D eigenvalue weighted by Gasteiger charge is 2.02. The molecule has 0 radical (unpaired) electrons. The van der Waals surface area contributed by atoms with Crippen LogP contribution in [0.5, 0.6) is 0 Å². The van der Waals surface area contributed by atoms with Gasteiger partial charge in [0.05, 0.1) is 5.69 Å². The Morgan fingerprint density at radius 3 is 2.79 bits per heavy atom. The van der Waals surface area contributed by atoms with Crippen molar-refractivity contribution in [3.8, 4) is 0 Å². The maximum absolute atomic E-state index is 13.2. The predicted octanol–water partition coefficient (Wildman–Crippen LogP) is 3.38. The maximum atomic E-state index is 13.2. The van der Waals surface area contributed by atoms with Crippen molar-refractivity contribution in [2.24, 2.45) is 0 Å². The van der Waals surface area contributed by atoms with E-state index in [0.717, 1.165) is 30.8 Å². The molecule has 0 saturated carbocycles. The highest BCUT2D eigenvalue weighted by molar-refractivity contribution is 5.24. The molecule has 3 heteroatoms. The fourth-order valence-electron chi connectivity index (χ4n) is 2.09. The lowest BCUT2D eigenvalue weighted by Crippen LogP contribution is -2.15. The van der Waals surface area contributed by atoms with Crippen LogP contribution in [0.25, 0.3) is 0 Å². The van der Waals surface area contributed by atoms with Crippen molar-refractivity contribution >= 4 is 0 Å². The van der Waals surface area contributed by atoms with Gasteiger partial charge in [0.15, 0.2) is 0 Å². The Bertz CT molecular complexity index is 552. The van der Waals surface area contributed by atoms with Crippen molar-refractivity contribution in [2.75, 3.05) is 0 Å². The molecule has 1 heterocycles. The summed E-state index contributed by atoms with van der Waals surface area (Å²) in [4.78, 5) is 4.39. The second-order valence-corrected chi connectivity index (χ2v) is 4.65. The van der Waals surface area contributed by atoms with Crippen LogP contribution in [0.15, 0.2) is 36.5 Å². The van der Waals surface area contributed by atoms with Gasteiger partial charge in [0.1, 0.15) is 5.82 Å². The summed E-state index contributed by atoms with van der Waals surface area (Å²) in [6.45, 7) is 5.37. The molecule has 19 heavy (non-hydrogen) atoms. The smallest absolute Gasteiger partial charge is 0.126 e. The molecule has 2 aromatic rings. The van der Waals surface area contributed by atoms with E-state index in [-0.39, 0.29) is 5.82 Å². The average Bonchev–Trinajstić information content (AvgIpc) is 2.43. The predicted molar refractivity (Wildman–Crippen MR) is 75.3 cm³/mol. The molecule has 2 nitrogen and oxygen atoms in total. The van der Waals surface area contributed by atoms with Gasteiger partial charge in [-0.25, -0.2) is 4.39 Å². The molecular weight excluding hydrogens is 239 g/mol. The van der Waals surface area contributed by atoms with Crippen LogP contribution in [-0.4, -0.2) is 4.98 Å². The average molecular weight is 258 g/mol. The van der Waals surface area contributed by atoms with Crippen LogP contribution >= 0.6 is 0 Å². The third-order valence-corrected chi connectivity index (χ3v) is 3.21. The third-order valence-electron chi connectivity index (χ3n) is 3.21. The van der Waals surface area contributed by atoms with Crippen LogP contribution in [0.2, 0.25) is 0 Å². The summed E-state index contributed by atoms with van der Waals surface area (Å²) in [5, 5.41) is 3.35. The number of nitrogens with one attached hydrogen (secondary N) is 1. The van der Waals surface area contributed by atoms with E-state index in [0.29, 0.717) is 5.56 Å².